The Hall–Kier alpha value is -1.80. The van der Waals surface area contributed by atoms with Crippen LogP contribution in [0, 0.1) is 11.3 Å². The molecule has 31 heavy (non-hydrogen) atoms. The van der Waals surface area contributed by atoms with Crippen molar-refractivity contribution in [3.05, 3.63) is 39.7 Å². The number of nitrogens with two attached hydrogens (primary N) is 1. The standard InChI is InChI=1S/C21H23N5OS4/c1-4-28-19-12(8-9-29-19)16-13(10-22)18(23)26(14-6-5-7-15(27)17(14)16)20-24-25-21(31-20)30-11(2)3/h8-9,11,16H,4-7,23H2,1-3H3. The zero-order valence-corrected chi connectivity index (χ0v) is 20.8. The average Bonchev–Trinajstić information content (AvgIpc) is 3.36. The van der Waals surface area contributed by atoms with Crippen molar-refractivity contribution in [3.8, 4) is 6.07 Å². The molecule has 10 heteroatoms. The molecular formula is C21H23N5OS4. The number of aromatic nitrogens is 2. The van der Waals surface area contributed by atoms with E-state index in [-0.39, 0.29) is 5.78 Å². The number of hydrogen-bond donors (Lipinski definition) is 1. The van der Waals surface area contributed by atoms with Crippen molar-refractivity contribution < 1.29 is 4.79 Å². The highest BCUT2D eigenvalue weighted by atomic mass is 32.2. The van der Waals surface area contributed by atoms with Gasteiger partial charge in [0.15, 0.2) is 10.1 Å². The Balaban J connectivity index is 1.88. The lowest BCUT2D eigenvalue weighted by Gasteiger charge is -2.38. The summed E-state index contributed by atoms with van der Waals surface area (Å²) in [4.78, 5) is 15.0. The molecule has 1 aliphatic heterocycles. The van der Waals surface area contributed by atoms with Gasteiger partial charge < -0.3 is 5.73 Å². The van der Waals surface area contributed by atoms with E-state index in [0.717, 1.165) is 38.4 Å². The Morgan fingerprint density at radius 2 is 2.19 bits per heavy atom. The van der Waals surface area contributed by atoms with Crippen LogP contribution in [0.3, 0.4) is 0 Å². The van der Waals surface area contributed by atoms with Crippen LogP contribution in [0.2, 0.25) is 0 Å². The van der Waals surface area contributed by atoms with Gasteiger partial charge in [-0.25, -0.2) is 0 Å². The van der Waals surface area contributed by atoms with Crippen molar-refractivity contribution in [2.75, 3.05) is 10.7 Å². The molecule has 0 bridgehead atoms. The normalized spacial score (nSPS) is 19.3. The Morgan fingerprint density at radius 3 is 2.90 bits per heavy atom. The van der Waals surface area contributed by atoms with Gasteiger partial charge in [0.1, 0.15) is 5.82 Å². The summed E-state index contributed by atoms with van der Waals surface area (Å²) in [5.74, 6) is 0.962. The number of ketones is 1. The molecule has 3 heterocycles. The van der Waals surface area contributed by atoms with E-state index < -0.39 is 5.92 Å². The first-order chi connectivity index (χ1) is 15.0. The van der Waals surface area contributed by atoms with Crippen LogP contribution in [0.15, 0.2) is 42.7 Å². The Morgan fingerprint density at radius 1 is 1.39 bits per heavy atom. The number of carbonyl (C=O) groups is 1. The van der Waals surface area contributed by atoms with Gasteiger partial charge in [0.25, 0.3) is 0 Å². The molecule has 162 valence electrons. The molecule has 0 fully saturated rings. The van der Waals surface area contributed by atoms with Gasteiger partial charge in [-0.2, -0.15) is 5.26 Å². The molecule has 0 saturated carbocycles. The highest BCUT2D eigenvalue weighted by Gasteiger charge is 2.42. The molecule has 1 atom stereocenters. The van der Waals surface area contributed by atoms with Crippen molar-refractivity contribution in [2.45, 2.75) is 59.8 Å². The van der Waals surface area contributed by atoms with E-state index in [1.54, 1.807) is 34.9 Å². The second-order valence-corrected chi connectivity index (χ2v) is 12.7. The van der Waals surface area contributed by atoms with Crippen molar-refractivity contribution in [2.24, 2.45) is 5.73 Å². The third kappa shape index (κ3) is 4.16. The van der Waals surface area contributed by atoms with Gasteiger partial charge in [-0.1, -0.05) is 43.9 Å². The second-order valence-electron chi connectivity index (χ2n) is 7.43. The average molecular weight is 490 g/mol. The minimum Gasteiger partial charge on any atom is -0.384 e. The lowest BCUT2D eigenvalue weighted by atomic mass is 9.76. The summed E-state index contributed by atoms with van der Waals surface area (Å²) in [6.45, 7) is 6.31. The number of carbonyl (C=O) groups excluding carboxylic acids is 1. The number of allylic oxidation sites excluding steroid dienone is 3. The molecule has 2 aromatic rings. The zero-order chi connectivity index (χ0) is 22.1. The lowest BCUT2D eigenvalue weighted by molar-refractivity contribution is -0.116. The molecule has 2 aliphatic rings. The summed E-state index contributed by atoms with van der Waals surface area (Å²) < 4.78 is 1.99. The van der Waals surface area contributed by atoms with E-state index >= 15 is 0 Å². The zero-order valence-electron chi connectivity index (χ0n) is 17.5. The SMILES string of the molecule is CCSc1sccc1C1C(C#N)=C(N)N(c2nnc(SC(C)C)s2)C2=C1C(=O)CCC2. The van der Waals surface area contributed by atoms with E-state index in [2.05, 4.69) is 37.0 Å². The molecule has 1 aliphatic carbocycles. The summed E-state index contributed by atoms with van der Waals surface area (Å²) in [5.41, 5.74) is 9.60. The third-order valence-corrected chi connectivity index (χ3v) is 9.23. The van der Waals surface area contributed by atoms with Crippen molar-refractivity contribution in [1.29, 1.82) is 5.26 Å². The maximum absolute atomic E-state index is 13.2. The van der Waals surface area contributed by atoms with Gasteiger partial charge in [-0.3, -0.25) is 9.69 Å². The minimum atomic E-state index is -0.415. The van der Waals surface area contributed by atoms with E-state index in [0.29, 0.717) is 33.8 Å². The fraction of sp³-hybridized carbons (Fsp3) is 0.429. The Bertz CT molecular complexity index is 1110. The van der Waals surface area contributed by atoms with Crippen LogP contribution in [0.1, 0.15) is 51.5 Å². The van der Waals surface area contributed by atoms with E-state index in [9.17, 15) is 10.1 Å². The summed E-state index contributed by atoms with van der Waals surface area (Å²) in [6, 6.07) is 4.36. The molecule has 2 aromatic heterocycles. The monoisotopic (exact) mass is 489 g/mol. The predicted molar refractivity (Wildman–Crippen MR) is 130 cm³/mol. The number of thioether (sulfide) groups is 2. The maximum Gasteiger partial charge on any atom is 0.219 e. The number of rotatable bonds is 6. The quantitative estimate of drug-likeness (QED) is 0.530. The van der Waals surface area contributed by atoms with E-state index in [1.807, 2.05) is 16.3 Å². The highest BCUT2D eigenvalue weighted by molar-refractivity contribution is 8.01. The van der Waals surface area contributed by atoms with Crippen LogP contribution < -0.4 is 10.6 Å². The summed E-state index contributed by atoms with van der Waals surface area (Å²) in [5, 5.41) is 21.8. The first-order valence-corrected chi connectivity index (χ1v) is 13.7. The van der Waals surface area contributed by atoms with Crippen LogP contribution in [0.5, 0.6) is 0 Å². The minimum absolute atomic E-state index is 0.0939. The van der Waals surface area contributed by atoms with Crippen molar-refractivity contribution in [1.82, 2.24) is 10.2 Å². The van der Waals surface area contributed by atoms with Gasteiger partial charge in [0.2, 0.25) is 5.13 Å². The summed E-state index contributed by atoms with van der Waals surface area (Å²) in [7, 11) is 0. The van der Waals surface area contributed by atoms with Gasteiger partial charge >= 0.3 is 0 Å². The van der Waals surface area contributed by atoms with Gasteiger partial charge in [0.05, 0.1) is 21.8 Å². The van der Waals surface area contributed by atoms with Crippen LogP contribution in [-0.2, 0) is 4.79 Å². The van der Waals surface area contributed by atoms with E-state index in [4.69, 9.17) is 5.73 Å². The van der Waals surface area contributed by atoms with Crippen molar-refractivity contribution in [3.63, 3.8) is 0 Å². The first-order valence-electron chi connectivity index (χ1n) is 10.1. The highest BCUT2D eigenvalue weighted by Crippen LogP contribution is 2.49. The Kier molecular flexibility index (Phi) is 6.77. The molecule has 4 rings (SSSR count). The molecule has 0 spiro atoms. The largest absolute Gasteiger partial charge is 0.384 e. The lowest BCUT2D eigenvalue weighted by Crippen LogP contribution is -2.38. The summed E-state index contributed by atoms with van der Waals surface area (Å²) in [6.07, 6.45) is 1.99. The molecular weight excluding hydrogens is 467 g/mol. The fourth-order valence-electron chi connectivity index (χ4n) is 3.93. The number of nitrogens with zero attached hydrogens (tertiary/aromatic N) is 4. The number of nitriles is 1. The molecule has 0 radical (unpaired) electrons. The van der Waals surface area contributed by atoms with Gasteiger partial charge in [-0.05, 0) is 35.6 Å². The Labute approximate surface area is 198 Å². The molecule has 1 unspecified atom stereocenters. The molecule has 0 aromatic carbocycles. The first kappa shape index (κ1) is 22.4. The second kappa shape index (κ2) is 9.36. The number of Topliss-reactive ketones (excluding diaryl/α,β-unsaturated/α-hetero) is 1. The van der Waals surface area contributed by atoms with Gasteiger partial charge in [0, 0.05) is 22.9 Å². The van der Waals surface area contributed by atoms with Crippen LogP contribution in [0.4, 0.5) is 5.13 Å². The number of anilines is 1. The predicted octanol–water partition coefficient (Wildman–Crippen LogP) is 5.52. The maximum atomic E-state index is 13.2. The molecule has 0 amide bonds. The summed E-state index contributed by atoms with van der Waals surface area (Å²) >= 11 is 6.47. The van der Waals surface area contributed by atoms with E-state index in [1.165, 1.54) is 11.3 Å². The third-order valence-electron chi connectivity index (χ3n) is 5.08. The van der Waals surface area contributed by atoms with Gasteiger partial charge in [-0.15, -0.1) is 33.3 Å². The molecule has 0 saturated heterocycles. The molecule has 2 N–H and O–H groups in total. The topological polar surface area (TPSA) is 95.9 Å². The molecule has 6 nitrogen and oxygen atoms in total. The number of hydrogen-bond acceptors (Lipinski definition) is 10. The van der Waals surface area contributed by atoms with Crippen LogP contribution >= 0.6 is 46.2 Å². The van der Waals surface area contributed by atoms with Crippen LogP contribution in [0.25, 0.3) is 0 Å². The fourth-order valence-corrected chi connectivity index (χ4v) is 8.10. The smallest absolute Gasteiger partial charge is 0.219 e. The number of thiophene rings is 1. The van der Waals surface area contributed by atoms with Crippen molar-refractivity contribution >= 4 is 57.1 Å². The van der Waals surface area contributed by atoms with Crippen LogP contribution in [-0.4, -0.2) is 27.0 Å².